The summed E-state index contributed by atoms with van der Waals surface area (Å²) in [5.41, 5.74) is 6.64. The Hall–Kier alpha value is -2.37. The smallest absolute Gasteiger partial charge is 0.245 e. The molecular weight excluding hydrogens is 338 g/mol. The number of nitrogens with one attached hydrogen (secondary N) is 2. The Bertz CT molecular complexity index is 690. The second-order valence-corrected chi connectivity index (χ2v) is 5.97. The SMILES string of the molecule is CC(NC(=O)C(C)(N)c1ccccc1)C(=O)NCc1ccccc1.Cl. The van der Waals surface area contributed by atoms with E-state index >= 15 is 0 Å². The molecular formula is C19H24ClN3O2. The Morgan fingerprint density at radius 2 is 1.56 bits per heavy atom. The van der Waals surface area contributed by atoms with Crippen molar-refractivity contribution in [3.05, 3.63) is 71.8 Å². The second kappa shape index (κ2) is 9.20. The van der Waals surface area contributed by atoms with Crippen LogP contribution in [0.5, 0.6) is 0 Å². The van der Waals surface area contributed by atoms with Crippen LogP contribution in [0.3, 0.4) is 0 Å². The molecule has 2 amide bonds. The van der Waals surface area contributed by atoms with E-state index in [0.29, 0.717) is 12.1 Å². The quantitative estimate of drug-likeness (QED) is 0.736. The minimum atomic E-state index is -1.20. The van der Waals surface area contributed by atoms with Crippen molar-refractivity contribution >= 4 is 24.2 Å². The summed E-state index contributed by atoms with van der Waals surface area (Å²) < 4.78 is 0. The average Bonchev–Trinajstić information content (AvgIpc) is 2.61. The molecule has 0 bridgehead atoms. The Kier molecular flexibility index (Phi) is 7.61. The highest BCUT2D eigenvalue weighted by atomic mass is 35.5. The zero-order valence-corrected chi connectivity index (χ0v) is 15.2. The van der Waals surface area contributed by atoms with Crippen molar-refractivity contribution in [2.24, 2.45) is 5.73 Å². The fourth-order valence-electron chi connectivity index (χ4n) is 2.27. The summed E-state index contributed by atoms with van der Waals surface area (Å²) >= 11 is 0. The topological polar surface area (TPSA) is 84.2 Å². The number of hydrogen-bond donors (Lipinski definition) is 3. The lowest BCUT2D eigenvalue weighted by Crippen LogP contribution is -2.54. The summed E-state index contributed by atoms with van der Waals surface area (Å²) in [4.78, 5) is 24.6. The van der Waals surface area contributed by atoms with Crippen molar-refractivity contribution in [1.29, 1.82) is 0 Å². The fourth-order valence-corrected chi connectivity index (χ4v) is 2.27. The Labute approximate surface area is 154 Å². The molecule has 4 N–H and O–H groups in total. The van der Waals surface area contributed by atoms with Gasteiger partial charge in [0.2, 0.25) is 11.8 Å². The molecule has 2 aromatic rings. The van der Waals surface area contributed by atoms with Crippen LogP contribution in [-0.4, -0.2) is 17.9 Å². The van der Waals surface area contributed by atoms with Gasteiger partial charge in [-0.25, -0.2) is 0 Å². The molecule has 0 saturated heterocycles. The molecule has 0 aromatic heterocycles. The number of hydrogen-bond acceptors (Lipinski definition) is 3. The first-order valence-electron chi connectivity index (χ1n) is 7.88. The molecule has 0 saturated carbocycles. The molecule has 0 aliphatic carbocycles. The van der Waals surface area contributed by atoms with Gasteiger partial charge in [0.05, 0.1) is 0 Å². The highest BCUT2D eigenvalue weighted by Crippen LogP contribution is 2.17. The van der Waals surface area contributed by atoms with Gasteiger partial charge < -0.3 is 16.4 Å². The molecule has 0 fully saturated rings. The van der Waals surface area contributed by atoms with E-state index in [1.54, 1.807) is 26.0 Å². The monoisotopic (exact) mass is 361 g/mol. The fraction of sp³-hybridized carbons (Fsp3) is 0.263. The molecule has 25 heavy (non-hydrogen) atoms. The molecule has 0 aliphatic rings. The van der Waals surface area contributed by atoms with E-state index in [1.807, 2.05) is 48.5 Å². The lowest BCUT2D eigenvalue weighted by atomic mass is 9.92. The number of carbonyl (C=O) groups is 2. The second-order valence-electron chi connectivity index (χ2n) is 5.97. The van der Waals surface area contributed by atoms with Crippen LogP contribution in [0.1, 0.15) is 25.0 Å². The van der Waals surface area contributed by atoms with Crippen LogP contribution in [0.25, 0.3) is 0 Å². The molecule has 134 valence electrons. The van der Waals surface area contributed by atoms with Crippen LogP contribution < -0.4 is 16.4 Å². The third kappa shape index (κ3) is 5.59. The van der Waals surface area contributed by atoms with Gasteiger partial charge >= 0.3 is 0 Å². The van der Waals surface area contributed by atoms with Gasteiger partial charge in [0, 0.05) is 6.54 Å². The van der Waals surface area contributed by atoms with Gasteiger partial charge in [-0.2, -0.15) is 0 Å². The highest BCUT2D eigenvalue weighted by molar-refractivity contribution is 5.92. The molecule has 2 aromatic carbocycles. The molecule has 0 aliphatic heterocycles. The number of halogens is 1. The van der Waals surface area contributed by atoms with Gasteiger partial charge in [0.25, 0.3) is 0 Å². The maximum absolute atomic E-state index is 12.4. The van der Waals surface area contributed by atoms with Crippen molar-refractivity contribution in [1.82, 2.24) is 10.6 Å². The molecule has 0 spiro atoms. The summed E-state index contributed by atoms with van der Waals surface area (Å²) in [7, 11) is 0. The predicted octanol–water partition coefficient (Wildman–Crippen LogP) is 2.10. The Morgan fingerprint density at radius 1 is 1.04 bits per heavy atom. The minimum Gasteiger partial charge on any atom is -0.350 e. The van der Waals surface area contributed by atoms with Gasteiger partial charge in [-0.05, 0) is 25.0 Å². The van der Waals surface area contributed by atoms with E-state index < -0.39 is 17.5 Å². The Morgan fingerprint density at radius 3 is 2.12 bits per heavy atom. The van der Waals surface area contributed by atoms with Crippen molar-refractivity contribution < 1.29 is 9.59 Å². The molecule has 0 radical (unpaired) electrons. The number of rotatable bonds is 6. The highest BCUT2D eigenvalue weighted by Gasteiger charge is 2.32. The number of amides is 2. The normalized spacial score (nSPS) is 13.7. The summed E-state index contributed by atoms with van der Waals surface area (Å²) in [5, 5.41) is 5.48. The zero-order valence-electron chi connectivity index (χ0n) is 14.4. The van der Waals surface area contributed by atoms with E-state index in [9.17, 15) is 9.59 Å². The molecule has 6 heteroatoms. The third-order valence-corrected chi connectivity index (χ3v) is 3.90. The van der Waals surface area contributed by atoms with Crippen LogP contribution in [0.4, 0.5) is 0 Å². The first-order valence-corrected chi connectivity index (χ1v) is 7.88. The van der Waals surface area contributed by atoms with Crippen LogP contribution in [0.15, 0.2) is 60.7 Å². The number of nitrogens with two attached hydrogens (primary N) is 1. The van der Waals surface area contributed by atoms with Gasteiger partial charge in [-0.15, -0.1) is 12.4 Å². The standard InChI is InChI=1S/C19H23N3O2.ClH/c1-14(17(23)21-13-15-9-5-3-6-10-15)22-18(24)19(2,20)16-11-7-4-8-12-16;/h3-12,14H,13,20H2,1-2H3,(H,21,23)(H,22,24);1H. The van der Waals surface area contributed by atoms with E-state index in [4.69, 9.17) is 5.73 Å². The van der Waals surface area contributed by atoms with Crippen molar-refractivity contribution in [2.75, 3.05) is 0 Å². The summed E-state index contributed by atoms with van der Waals surface area (Å²) in [6.45, 7) is 3.68. The first-order chi connectivity index (χ1) is 11.4. The van der Waals surface area contributed by atoms with Crippen LogP contribution in [-0.2, 0) is 21.7 Å². The number of carbonyl (C=O) groups excluding carboxylic acids is 2. The van der Waals surface area contributed by atoms with E-state index in [0.717, 1.165) is 5.56 Å². The largest absolute Gasteiger partial charge is 0.350 e. The maximum Gasteiger partial charge on any atom is 0.245 e. The summed E-state index contributed by atoms with van der Waals surface area (Å²) in [6, 6.07) is 18.0. The summed E-state index contributed by atoms with van der Waals surface area (Å²) in [6.07, 6.45) is 0. The van der Waals surface area contributed by atoms with Crippen molar-refractivity contribution in [3.63, 3.8) is 0 Å². The van der Waals surface area contributed by atoms with Gasteiger partial charge in [-0.1, -0.05) is 60.7 Å². The third-order valence-electron chi connectivity index (χ3n) is 3.90. The lowest BCUT2D eigenvalue weighted by Gasteiger charge is -2.26. The van der Waals surface area contributed by atoms with Gasteiger partial charge in [-0.3, -0.25) is 9.59 Å². The van der Waals surface area contributed by atoms with E-state index in [-0.39, 0.29) is 18.3 Å². The van der Waals surface area contributed by atoms with E-state index in [1.165, 1.54) is 0 Å². The molecule has 2 rings (SSSR count). The molecule has 2 atom stereocenters. The molecule has 0 heterocycles. The average molecular weight is 362 g/mol. The summed E-state index contributed by atoms with van der Waals surface area (Å²) in [5.74, 6) is -0.646. The zero-order chi connectivity index (χ0) is 17.6. The van der Waals surface area contributed by atoms with Gasteiger partial charge in [0.1, 0.15) is 11.6 Å². The van der Waals surface area contributed by atoms with Crippen molar-refractivity contribution in [2.45, 2.75) is 32.0 Å². The van der Waals surface area contributed by atoms with Crippen molar-refractivity contribution in [3.8, 4) is 0 Å². The van der Waals surface area contributed by atoms with Crippen LogP contribution in [0, 0.1) is 0 Å². The van der Waals surface area contributed by atoms with Crippen LogP contribution in [0.2, 0.25) is 0 Å². The molecule has 2 unspecified atom stereocenters. The minimum absolute atomic E-state index is 0. The van der Waals surface area contributed by atoms with E-state index in [2.05, 4.69) is 10.6 Å². The lowest BCUT2D eigenvalue weighted by molar-refractivity contribution is -0.131. The molecule has 5 nitrogen and oxygen atoms in total. The predicted molar refractivity (Wildman–Crippen MR) is 101 cm³/mol. The van der Waals surface area contributed by atoms with Gasteiger partial charge in [0.15, 0.2) is 0 Å². The Balaban J connectivity index is 0.00000312. The first kappa shape index (κ1) is 20.7. The maximum atomic E-state index is 12.4. The van der Waals surface area contributed by atoms with Crippen LogP contribution >= 0.6 is 12.4 Å². The number of benzene rings is 2.